The average molecular weight is 274 g/mol. The maximum Gasteiger partial charge on any atom is 0.417 e. The molecule has 1 rings (SSSR count). The minimum Gasteiger partial charge on any atom is -0.348 e. The molecule has 0 aliphatic heterocycles. The molecule has 1 aromatic rings. The molecule has 0 saturated heterocycles. The maximum absolute atomic E-state index is 12.8. The van der Waals surface area contributed by atoms with Gasteiger partial charge < -0.3 is 11.1 Å². The molecular weight excluding hydrogens is 257 g/mol. The van der Waals surface area contributed by atoms with E-state index in [1.165, 1.54) is 12.1 Å². The van der Waals surface area contributed by atoms with Crippen LogP contribution in [0.15, 0.2) is 24.3 Å². The largest absolute Gasteiger partial charge is 0.417 e. The van der Waals surface area contributed by atoms with Gasteiger partial charge in [0.05, 0.1) is 11.1 Å². The molecule has 0 aliphatic carbocycles. The SMILES string of the molecule is CC(C)C(CN)NC(=O)c1ccccc1C(F)(F)F. The van der Waals surface area contributed by atoms with Crippen molar-refractivity contribution in [2.24, 2.45) is 11.7 Å². The lowest BCUT2D eigenvalue weighted by atomic mass is 10.0. The first-order chi connectivity index (χ1) is 8.77. The molecular formula is C13H17F3N2O. The number of nitrogens with two attached hydrogens (primary N) is 1. The molecule has 0 aromatic heterocycles. The van der Waals surface area contributed by atoms with E-state index >= 15 is 0 Å². The number of benzene rings is 1. The van der Waals surface area contributed by atoms with Gasteiger partial charge in [-0.2, -0.15) is 13.2 Å². The summed E-state index contributed by atoms with van der Waals surface area (Å²) in [5.41, 5.74) is 4.17. The number of halogens is 3. The van der Waals surface area contributed by atoms with Gasteiger partial charge in [-0.3, -0.25) is 4.79 Å². The minimum absolute atomic E-state index is 0.0481. The van der Waals surface area contributed by atoms with Gasteiger partial charge in [-0.1, -0.05) is 26.0 Å². The van der Waals surface area contributed by atoms with Crippen LogP contribution < -0.4 is 11.1 Å². The topological polar surface area (TPSA) is 55.1 Å². The van der Waals surface area contributed by atoms with Crippen LogP contribution in [0.1, 0.15) is 29.8 Å². The first-order valence-electron chi connectivity index (χ1n) is 5.94. The van der Waals surface area contributed by atoms with Crippen molar-refractivity contribution in [1.82, 2.24) is 5.32 Å². The quantitative estimate of drug-likeness (QED) is 0.886. The monoisotopic (exact) mass is 274 g/mol. The Morgan fingerprint density at radius 3 is 2.37 bits per heavy atom. The summed E-state index contributed by atoms with van der Waals surface area (Å²) < 4.78 is 38.3. The van der Waals surface area contributed by atoms with Gasteiger partial charge in [0, 0.05) is 12.6 Å². The van der Waals surface area contributed by atoms with Crippen molar-refractivity contribution in [3.05, 3.63) is 35.4 Å². The Bertz CT molecular complexity index is 444. The first kappa shape index (κ1) is 15.5. The molecule has 6 heteroatoms. The van der Waals surface area contributed by atoms with Crippen LogP contribution in [-0.2, 0) is 6.18 Å². The number of alkyl halides is 3. The maximum atomic E-state index is 12.8. The van der Waals surface area contributed by atoms with E-state index in [1.807, 2.05) is 13.8 Å². The average Bonchev–Trinajstić information content (AvgIpc) is 2.34. The lowest BCUT2D eigenvalue weighted by Gasteiger charge is -2.21. The van der Waals surface area contributed by atoms with Gasteiger partial charge in [-0.05, 0) is 18.1 Å². The molecule has 1 aromatic carbocycles. The Morgan fingerprint density at radius 2 is 1.89 bits per heavy atom. The number of hydrogen-bond donors (Lipinski definition) is 2. The van der Waals surface area contributed by atoms with Crippen molar-refractivity contribution in [3.63, 3.8) is 0 Å². The first-order valence-corrected chi connectivity index (χ1v) is 5.94. The molecule has 1 unspecified atom stereocenters. The zero-order valence-electron chi connectivity index (χ0n) is 10.8. The standard InChI is InChI=1S/C13H17F3N2O/c1-8(2)11(7-17)18-12(19)9-5-3-4-6-10(9)13(14,15)16/h3-6,8,11H,7,17H2,1-2H3,(H,18,19). The van der Waals surface area contributed by atoms with E-state index in [-0.39, 0.29) is 24.1 Å². The number of nitrogens with one attached hydrogen (secondary N) is 1. The summed E-state index contributed by atoms with van der Waals surface area (Å²) in [4.78, 5) is 11.9. The molecule has 0 saturated carbocycles. The Hall–Kier alpha value is -1.56. The Balaban J connectivity index is 3.01. The summed E-state index contributed by atoms with van der Waals surface area (Å²) in [6, 6.07) is 4.35. The molecule has 0 bridgehead atoms. The number of rotatable bonds is 4. The van der Waals surface area contributed by atoms with Gasteiger partial charge in [0.15, 0.2) is 0 Å². The number of carbonyl (C=O) groups is 1. The van der Waals surface area contributed by atoms with Crippen LogP contribution in [0.5, 0.6) is 0 Å². The Kier molecular flexibility index (Phi) is 4.94. The summed E-state index contributed by atoms with van der Waals surface area (Å²) in [7, 11) is 0. The van der Waals surface area contributed by atoms with Crippen LogP contribution in [0, 0.1) is 5.92 Å². The zero-order valence-corrected chi connectivity index (χ0v) is 10.8. The normalized spacial score (nSPS) is 13.4. The van der Waals surface area contributed by atoms with Gasteiger partial charge in [0.1, 0.15) is 0 Å². The van der Waals surface area contributed by atoms with Crippen LogP contribution in [0.2, 0.25) is 0 Å². The number of hydrogen-bond acceptors (Lipinski definition) is 2. The predicted octanol–water partition coefficient (Wildman–Crippen LogP) is 2.42. The van der Waals surface area contributed by atoms with Crippen molar-refractivity contribution >= 4 is 5.91 Å². The van der Waals surface area contributed by atoms with Crippen LogP contribution in [0.4, 0.5) is 13.2 Å². The van der Waals surface area contributed by atoms with Crippen molar-refractivity contribution in [2.45, 2.75) is 26.1 Å². The highest BCUT2D eigenvalue weighted by molar-refractivity contribution is 5.96. The molecule has 0 fully saturated rings. The van der Waals surface area contributed by atoms with Crippen molar-refractivity contribution in [3.8, 4) is 0 Å². The summed E-state index contributed by atoms with van der Waals surface area (Å²) >= 11 is 0. The Labute approximate surface area is 110 Å². The van der Waals surface area contributed by atoms with Crippen LogP contribution in [0.25, 0.3) is 0 Å². The molecule has 1 amide bonds. The van der Waals surface area contributed by atoms with Crippen LogP contribution in [-0.4, -0.2) is 18.5 Å². The molecule has 3 N–H and O–H groups in total. The molecule has 19 heavy (non-hydrogen) atoms. The highest BCUT2D eigenvalue weighted by Crippen LogP contribution is 2.31. The lowest BCUT2D eigenvalue weighted by molar-refractivity contribution is -0.137. The van der Waals surface area contributed by atoms with Crippen molar-refractivity contribution in [2.75, 3.05) is 6.54 Å². The molecule has 0 radical (unpaired) electrons. The zero-order chi connectivity index (χ0) is 14.6. The summed E-state index contributed by atoms with van der Waals surface area (Å²) in [5.74, 6) is -0.705. The second-order valence-electron chi connectivity index (χ2n) is 4.60. The van der Waals surface area contributed by atoms with E-state index in [9.17, 15) is 18.0 Å². The van der Waals surface area contributed by atoms with Crippen molar-refractivity contribution in [1.29, 1.82) is 0 Å². The fourth-order valence-electron chi connectivity index (χ4n) is 1.67. The second kappa shape index (κ2) is 6.06. The minimum atomic E-state index is -4.55. The van der Waals surface area contributed by atoms with E-state index in [1.54, 1.807) is 0 Å². The van der Waals surface area contributed by atoms with E-state index in [0.29, 0.717) is 0 Å². The predicted molar refractivity (Wildman–Crippen MR) is 66.6 cm³/mol. The summed E-state index contributed by atoms with van der Waals surface area (Å²) in [6.07, 6.45) is -4.55. The van der Waals surface area contributed by atoms with E-state index < -0.39 is 17.6 Å². The fourth-order valence-corrected chi connectivity index (χ4v) is 1.67. The highest BCUT2D eigenvalue weighted by Gasteiger charge is 2.35. The third kappa shape index (κ3) is 3.96. The Morgan fingerprint density at radius 1 is 1.32 bits per heavy atom. The smallest absolute Gasteiger partial charge is 0.348 e. The van der Waals surface area contributed by atoms with Gasteiger partial charge in [-0.15, -0.1) is 0 Å². The molecule has 106 valence electrons. The van der Waals surface area contributed by atoms with Crippen LogP contribution in [0.3, 0.4) is 0 Å². The fraction of sp³-hybridized carbons (Fsp3) is 0.462. The molecule has 0 spiro atoms. The van der Waals surface area contributed by atoms with Gasteiger partial charge in [0.25, 0.3) is 5.91 Å². The van der Waals surface area contributed by atoms with Crippen molar-refractivity contribution < 1.29 is 18.0 Å². The number of amides is 1. The lowest BCUT2D eigenvalue weighted by Crippen LogP contribution is -2.44. The molecule has 0 heterocycles. The van der Waals surface area contributed by atoms with Gasteiger partial charge >= 0.3 is 6.18 Å². The van der Waals surface area contributed by atoms with E-state index in [0.717, 1.165) is 12.1 Å². The van der Waals surface area contributed by atoms with E-state index in [2.05, 4.69) is 5.32 Å². The van der Waals surface area contributed by atoms with E-state index in [4.69, 9.17) is 5.73 Å². The molecule has 1 atom stereocenters. The van der Waals surface area contributed by atoms with Crippen LogP contribution >= 0.6 is 0 Å². The second-order valence-corrected chi connectivity index (χ2v) is 4.60. The number of carbonyl (C=O) groups excluding carboxylic acids is 1. The highest BCUT2D eigenvalue weighted by atomic mass is 19.4. The molecule has 0 aliphatic rings. The van der Waals surface area contributed by atoms with Gasteiger partial charge in [0.2, 0.25) is 0 Å². The van der Waals surface area contributed by atoms with Gasteiger partial charge in [-0.25, -0.2) is 0 Å². The molecule has 3 nitrogen and oxygen atoms in total. The third-order valence-electron chi connectivity index (χ3n) is 2.85. The summed E-state index contributed by atoms with van der Waals surface area (Å²) in [6.45, 7) is 3.86. The third-order valence-corrected chi connectivity index (χ3v) is 2.85. The summed E-state index contributed by atoms with van der Waals surface area (Å²) in [5, 5.41) is 2.53.